The van der Waals surface area contributed by atoms with E-state index in [1.54, 1.807) is 7.11 Å². The van der Waals surface area contributed by atoms with Crippen LogP contribution in [-0.2, 0) is 0 Å². The molecule has 1 N–H and O–H groups in total. The molecule has 0 aromatic heterocycles. The molecule has 18 heavy (non-hydrogen) atoms. The van der Waals surface area contributed by atoms with E-state index >= 15 is 0 Å². The van der Waals surface area contributed by atoms with E-state index in [9.17, 15) is 5.26 Å². The second kappa shape index (κ2) is 4.89. The predicted molar refractivity (Wildman–Crippen MR) is 72.5 cm³/mol. The summed E-state index contributed by atoms with van der Waals surface area (Å²) in [7, 11) is 1.65. The first-order valence-corrected chi connectivity index (χ1v) is 6.42. The maximum Gasteiger partial charge on any atom is 0.141 e. The Morgan fingerprint density at radius 1 is 1.39 bits per heavy atom. The molecule has 0 aliphatic heterocycles. The van der Waals surface area contributed by atoms with Gasteiger partial charge in [0.2, 0.25) is 0 Å². The first-order valence-electron chi connectivity index (χ1n) is 6.42. The highest BCUT2D eigenvalue weighted by atomic mass is 16.5. The first-order chi connectivity index (χ1) is 8.60. The van der Waals surface area contributed by atoms with Gasteiger partial charge in [-0.1, -0.05) is 26.0 Å². The standard InChI is InChI=1S/C15H20N2O/c1-11(2)12-8-15(9-12,10-16)17-13-6-4-5-7-14(13)18-3/h4-7,11-12,17H,8-9H2,1-3H3. The second-order valence-electron chi connectivity index (χ2n) is 5.43. The number of hydrogen-bond acceptors (Lipinski definition) is 3. The Bertz CT molecular complexity index is 456. The monoisotopic (exact) mass is 244 g/mol. The molecule has 1 fully saturated rings. The highest BCUT2D eigenvalue weighted by Gasteiger charge is 2.46. The summed E-state index contributed by atoms with van der Waals surface area (Å²) in [6.45, 7) is 4.43. The van der Waals surface area contributed by atoms with Gasteiger partial charge in [-0.15, -0.1) is 0 Å². The fourth-order valence-corrected chi connectivity index (χ4v) is 2.53. The van der Waals surface area contributed by atoms with E-state index in [0.717, 1.165) is 24.3 Å². The van der Waals surface area contributed by atoms with E-state index in [4.69, 9.17) is 4.74 Å². The van der Waals surface area contributed by atoms with Gasteiger partial charge in [0.1, 0.15) is 11.3 Å². The number of hydrogen-bond donors (Lipinski definition) is 1. The van der Waals surface area contributed by atoms with Crippen molar-refractivity contribution in [3.63, 3.8) is 0 Å². The number of nitrogens with one attached hydrogen (secondary N) is 1. The van der Waals surface area contributed by atoms with Crippen LogP contribution in [0.1, 0.15) is 26.7 Å². The van der Waals surface area contributed by atoms with Crippen molar-refractivity contribution in [1.82, 2.24) is 0 Å². The molecule has 0 radical (unpaired) electrons. The van der Waals surface area contributed by atoms with Crippen molar-refractivity contribution < 1.29 is 4.74 Å². The van der Waals surface area contributed by atoms with Crippen LogP contribution in [0.2, 0.25) is 0 Å². The van der Waals surface area contributed by atoms with Gasteiger partial charge in [0.25, 0.3) is 0 Å². The minimum atomic E-state index is -0.413. The summed E-state index contributed by atoms with van der Waals surface area (Å²) in [4.78, 5) is 0. The molecule has 1 aromatic carbocycles. The molecule has 1 aliphatic rings. The Morgan fingerprint density at radius 2 is 2.06 bits per heavy atom. The summed E-state index contributed by atoms with van der Waals surface area (Å²) < 4.78 is 5.31. The van der Waals surface area contributed by atoms with Crippen molar-refractivity contribution >= 4 is 5.69 Å². The minimum Gasteiger partial charge on any atom is -0.495 e. The SMILES string of the molecule is COc1ccccc1NC1(C#N)CC(C(C)C)C1. The average molecular weight is 244 g/mol. The van der Waals surface area contributed by atoms with Crippen LogP contribution in [0.25, 0.3) is 0 Å². The molecule has 1 aliphatic carbocycles. The third kappa shape index (κ3) is 2.28. The lowest BCUT2D eigenvalue weighted by atomic mass is 9.64. The van der Waals surface area contributed by atoms with Crippen LogP contribution in [0, 0.1) is 23.2 Å². The molecule has 0 saturated heterocycles. The zero-order valence-electron chi connectivity index (χ0n) is 11.2. The van der Waals surface area contributed by atoms with Crippen LogP contribution in [0.15, 0.2) is 24.3 Å². The van der Waals surface area contributed by atoms with Crippen molar-refractivity contribution in [2.24, 2.45) is 11.8 Å². The topological polar surface area (TPSA) is 45.0 Å². The van der Waals surface area contributed by atoms with Gasteiger partial charge in [-0.25, -0.2) is 0 Å². The van der Waals surface area contributed by atoms with Crippen molar-refractivity contribution in [3.05, 3.63) is 24.3 Å². The normalized spacial score (nSPS) is 26.3. The van der Waals surface area contributed by atoms with Gasteiger partial charge in [-0.3, -0.25) is 0 Å². The van der Waals surface area contributed by atoms with Crippen LogP contribution in [0.5, 0.6) is 5.75 Å². The number of para-hydroxylation sites is 2. The van der Waals surface area contributed by atoms with Crippen molar-refractivity contribution in [3.8, 4) is 11.8 Å². The highest BCUT2D eigenvalue weighted by molar-refractivity contribution is 5.59. The van der Waals surface area contributed by atoms with Gasteiger partial charge in [0.05, 0.1) is 18.9 Å². The van der Waals surface area contributed by atoms with Gasteiger partial charge >= 0.3 is 0 Å². The van der Waals surface area contributed by atoms with Crippen LogP contribution >= 0.6 is 0 Å². The number of anilines is 1. The van der Waals surface area contributed by atoms with Gasteiger partial charge in [0, 0.05) is 0 Å². The minimum absolute atomic E-state index is 0.413. The highest BCUT2D eigenvalue weighted by Crippen LogP contribution is 2.44. The molecule has 3 heteroatoms. The summed E-state index contributed by atoms with van der Waals surface area (Å²) in [5.74, 6) is 2.08. The smallest absolute Gasteiger partial charge is 0.141 e. The Balaban J connectivity index is 2.11. The summed E-state index contributed by atoms with van der Waals surface area (Å²) in [5, 5.41) is 12.8. The number of nitrogens with zero attached hydrogens (tertiary/aromatic N) is 1. The quantitative estimate of drug-likeness (QED) is 0.882. The van der Waals surface area contributed by atoms with Gasteiger partial charge in [0.15, 0.2) is 0 Å². The molecular weight excluding hydrogens is 224 g/mol. The summed E-state index contributed by atoms with van der Waals surface area (Å²) in [6, 6.07) is 10.2. The average Bonchev–Trinajstić information content (AvgIpc) is 2.33. The zero-order valence-corrected chi connectivity index (χ0v) is 11.2. The number of ether oxygens (including phenoxy) is 1. The molecule has 0 bridgehead atoms. The number of benzene rings is 1. The van der Waals surface area contributed by atoms with Gasteiger partial charge in [-0.2, -0.15) is 5.26 Å². The second-order valence-corrected chi connectivity index (χ2v) is 5.43. The van der Waals surface area contributed by atoms with E-state index < -0.39 is 5.54 Å². The molecule has 3 nitrogen and oxygen atoms in total. The molecule has 1 saturated carbocycles. The summed E-state index contributed by atoms with van der Waals surface area (Å²) >= 11 is 0. The van der Waals surface area contributed by atoms with E-state index in [2.05, 4.69) is 25.2 Å². The van der Waals surface area contributed by atoms with Crippen LogP contribution in [0.3, 0.4) is 0 Å². The molecule has 0 unspecified atom stereocenters. The predicted octanol–water partition coefficient (Wildman–Crippen LogP) is 3.44. The first kappa shape index (κ1) is 12.8. The molecule has 2 rings (SSSR count). The Hall–Kier alpha value is -1.69. The van der Waals surface area contributed by atoms with E-state index in [1.807, 2.05) is 24.3 Å². The van der Waals surface area contributed by atoms with E-state index in [1.165, 1.54) is 0 Å². The lowest BCUT2D eigenvalue weighted by Crippen LogP contribution is -2.50. The van der Waals surface area contributed by atoms with Gasteiger partial charge < -0.3 is 10.1 Å². The van der Waals surface area contributed by atoms with Crippen molar-refractivity contribution in [1.29, 1.82) is 5.26 Å². The number of rotatable bonds is 4. The lowest BCUT2D eigenvalue weighted by Gasteiger charge is -2.45. The maximum absolute atomic E-state index is 9.41. The third-order valence-corrected chi connectivity index (χ3v) is 3.86. The maximum atomic E-state index is 9.41. The number of methoxy groups -OCH3 is 1. The van der Waals surface area contributed by atoms with Gasteiger partial charge in [-0.05, 0) is 36.8 Å². The summed E-state index contributed by atoms with van der Waals surface area (Å²) in [6.07, 6.45) is 1.83. The Labute approximate surface area is 109 Å². The molecule has 0 heterocycles. The van der Waals surface area contributed by atoms with Crippen LogP contribution < -0.4 is 10.1 Å². The third-order valence-electron chi connectivity index (χ3n) is 3.86. The molecule has 0 spiro atoms. The lowest BCUT2D eigenvalue weighted by molar-refractivity contribution is 0.165. The number of nitriles is 1. The Kier molecular flexibility index (Phi) is 3.47. The van der Waals surface area contributed by atoms with E-state index in [-0.39, 0.29) is 0 Å². The zero-order chi connectivity index (χ0) is 13.2. The molecule has 0 atom stereocenters. The van der Waals surface area contributed by atoms with Crippen molar-refractivity contribution in [2.75, 3.05) is 12.4 Å². The molecular formula is C15H20N2O. The Morgan fingerprint density at radius 3 is 2.61 bits per heavy atom. The van der Waals surface area contributed by atoms with E-state index in [0.29, 0.717) is 11.8 Å². The van der Waals surface area contributed by atoms with Crippen LogP contribution in [0.4, 0.5) is 5.69 Å². The fraction of sp³-hybridized carbons (Fsp3) is 0.533. The molecule has 96 valence electrons. The van der Waals surface area contributed by atoms with Crippen LogP contribution in [-0.4, -0.2) is 12.6 Å². The molecule has 0 amide bonds. The largest absolute Gasteiger partial charge is 0.495 e. The van der Waals surface area contributed by atoms with Crippen molar-refractivity contribution in [2.45, 2.75) is 32.2 Å². The fourth-order valence-electron chi connectivity index (χ4n) is 2.53. The molecule has 1 aromatic rings. The summed E-state index contributed by atoms with van der Waals surface area (Å²) in [5.41, 5.74) is 0.493.